The zero-order valence-corrected chi connectivity index (χ0v) is 18.2. The fourth-order valence-electron chi connectivity index (χ4n) is 4.26. The first-order chi connectivity index (χ1) is 14.5. The van der Waals surface area contributed by atoms with Crippen LogP contribution in [0, 0.1) is 5.41 Å². The van der Waals surface area contributed by atoms with Gasteiger partial charge in [-0.25, -0.2) is 4.79 Å². The molecule has 0 bridgehead atoms. The van der Waals surface area contributed by atoms with Gasteiger partial charge in [0.25, 0.3) is 0 Å². The Morgan fingerprint density at radius 2 is 1.71 bits per heavy atom. The number of halogens is 3. The highest BCUT2D eigenvalue weighted by Crippen LogP contribution is 2.38. The number of hydrogen-bond donors (Lipinski definition) is 1. The summed E-state index contributed by atoms with van der Waals surface area (Å²) < 4.78 is 37.2. The van der Waals surface area contributed by atoms with Gasteiger partial charge in [-0.15, -0.1) is 0 Å². The van der Waals surface area contributed by atoms with E-state index >= 15 is 0 Å². The third-order valence-electron chi connectivity index (χ3n) is 6.03. The lowest BCUT2D eigenvalue weighted by atomic mass is 9.74. The van der Waals surface area contributed by atoms with E-state index in [1.54, 1.807) is 7.11 Å². The normalized spacial score (nSPS) is 21.0. The molecule has 0 aromatic heterocycles. The summed E-state index contributed by atoms with van der Waals surface area (Å²) in [5, 5.41) is 7.12. The zero-order valence-electron chi connectivity index (χ0n) is 18.2. The van der Waals surface area contributed by atoms with Crippen molar-refractivity contribution in [1.82, 2.24) is 4.90 Å². The van der Waals surface area contributed by atoms with Crippen molar-refractivity contribution >= 4 is 17.6 Å². The van der Waals surface area contributed by atoms with E-state index in [1.807, 2.05) is 18.2 Å². The van der Waals surface area contributed by atoms with E-state index < -0.39 is 12.1 Å². The molecule has 9 heteroatoms. The number of benzene rings is 1. The minimum atomic E-state index is -5.08. The summed E-state index contributed by atoms with van der Waals surface area (Å²) in [5.41, 5.74) is 0.988. The molecular formula is C22H31F3N2O4. The van der Waals surface area contributed by atoms with E-state index in [1.165, 1.54) is 19.3 Å². The van der Waals surface area contributed by atoms with Gasteiger partial charge in [0.05, 0.1) is 12.8 Å². The molecule has 2 aliphatic rings. The molecule has 1 aliphatic heterocycles. The molecule has 6 nitrogen and oxygen atoms in total. The van der Waals surface area contributed by atoms with Crippen LogP contribution in [-0.2, 0) is 9.59 Å². The standard InChI is InChI=1S/C20H30N2O2.C2HF3O2/c1-16-15-21(17-9-5-6-10-18(17)24-3)13-14-22(16)19(23)20(2)11-7-4-8-12-20;3-2(4,5)1(6)7/h5-6,9-10,16H,4,7-8,11-15H2,1-3H3;(H,6,7). The molecule has 1 aromatic carbocycles. The molecule has 1 unspecified atom stereocenters. The van der Waals surface area contributed by atoms with E-state index in [0.29, 0.717) is 5.91 Å². The van der Waals surface area contributed by atoms with Crippen molar-refractivity contribution in [3.8, 4) is 5.75 Å². The van der Waals surface area contributed by atoms with Crippen molar-refractivity contribution in [3.05, 3.63) is 24.3 Å². The van der Waals surface area contributed by atoms with Crippen molar-refractivity contribution in [2.45, 2.75) is 58.2 Å². The van der Waals surface area contributed by atoms with Crippen LogP contribution in [-0.4, -0.2) is 60.8 Å². The van der Waals surface area contributed by atoms with E-state index in [9.17, 15) is 18.0 Å². The van der Waals surface area contributed by atoms with Gasteiger partial charge in [0.15, 0.2) is 0 Å². The number of carboxylic acids is 1. The van der Waals surface area contributed by atoms with Gasteiger partial charge >= 0.3 is 12.1 Å². The second-order valence-corrected chi connectivity index (χ2v) is 8.39. The predicted molar refractivity (Wildman–Crippen MR) is 111 cm³/mol. The molecule has 31 heavy (non-hydrogen) atoms. The van der Waals surface area contributed by atoms with Crippen molar-refractivity contribution in [2.24, 2.45) is 5.41 Å². The molecule has 174 valence electrons. The maximum Gasteiger partial charge on any atom is 0.490 e. The lowest BCUT2D eigenvalue weighted by molar-refractivity contribution is -0.192. The number of nitrogens with zero attached hydrogens (tertiary/aromatic N) is 2. The number of carboxylic acid groups (broad SMARTS) is 1. The van der Waals surface area contributed by atoms with Gasteiger partial charge in [-0.2, -0.15) is 13.2 Å². The van der Waals surface area contributed by atoms with Crippen LogP contribution in [0.15, 0.2) is 24.3 Å². The van der Waals surface area contributed by atoms with E-state index in [4.69, 9.17) is 14.6 Å². The largest absolute Gasteiger partial charge is 0.495 e. The molecule has 1 atom stereocenters. The molecule has 1 N–H and O–H groups in total. The van der Waals surface area contributed by atoms with Crippen LogP contribution in [0.5, 0.6) is 5.75 Å². The molecule has 1 amide bonds. The lowest BCUT2D eigenvalue weighted by Gasteiger charge is -2.45. The Bertz CT molecular complexity index is 763. The van der Waals surface area contributed by atoms with Crippen molar-refractivity contribution < 1.29 is 32.6 Å². The molecule has 1 saturated carbocycles. The number of aliphatic carboxylic acids is 1. The average molecular weight is 444 g/mol. The smallest absolute Gasteiger partial charge is 0.490 e. The number of hydrogen-bond acceptors (Lipinski definition) is 4. The second-order valence-electron chi connectivity index (χ2n) is 8.39. The number of alkyl halides is 3. The minimum Gasteiger partial charge on any atom is -0.495 e. The van der Waals surface area contributed by atoms with E-state index in [0.717, 1.165) is 43.9 Å². The van der Waals surface area contributed by atoms with Gasteiger partial charge in [-0.1, -0.05) is 38.3 Å². The van der Waals surface area contributed by atoms with Crippen LogP contribution in [0.3, 0.4) is 0 Å². The predicted octanol–water partition coefficient (Wildman–Crippen LogP) is 4.34. The number of carbonyl (C=O) groups is 2. The molecule has 1 saturated heterocycles. The Morgan fingerprint density at radius 1 is 1.13 bits per heavy atom. The Labute approximate surface area is 181 Å². The number of para-hydroxylation sites is 2. The maximum atomic E-state index is 13.1. The molecule has 2 fully saturated rings. The summed E-state index contributed by atoms with van der Waals surface area (Å²) >= 11 is 0. The van der Waals surface area contributed by atoms with Crippen LogP contribution in [0.4, 0.5) is 18.9 Å². The Hall–Kier alpha value is -2.45. The van der Waals surface area contributed by atoms with Crippen LogP contribution in [0.25, 0.3) is 0 Å². The van der Waals surface area contributed by atoms with Gasteiger partial charge in [0.1, 0.15) is 5.75 Å². The van der Waals surface area contributed by atoms with Gasteiger partial charge in [0, 0.05) is 31.1 Å². The fraction of sp³-hybridized carbons (Fsp3) is 0.636. The summed E-state index contributed by atoms with van der Waals surface area (Å²) in [7, 11) is 1.71. The molecule has 1 aliphatic carbocycles. The van der Waals surface area contributed by atoms with Gasteiger partial charge in [-0.3, -0.25) is 4.79 Å². The first-order valence-electron chi connectivity index (χ1n) is 10.5. The van der Waals surface area contributed by atoms with E-state index in [2.05, 4.69) is 29.7 Å². The topological polar surface area (TPSA) is 70.1 Å². The SMILES string of the molecule is COc1ccccc1N1CCN(C(=O)C2(C)CCCCC2)C(C)C1.O=C(O)C(F)(F)F. The number of methoxy groups -OCH3 is 1. The number of anilines is 1. The van der Waals surface area contributed by atoms with Crippen LogP contribution >= 0.6 is 0 Å². The van der Waals surface area contributed by atoms with Crippen LogP contribution in [0.2, 0.25) is 0 Å². The first kappa shape index (κ1) is 24.8. The van der Waals surface area contributed by atoms with E-state index in [-0.39, 0.29) is 11.5 Å². The van der Waals surface area contributed by atoms with Gasteiger partial charge in [-0.05, 0) is 31.9 Å². The molecule has 0 radical (unpaired) electrons. The quantitative estimate of drug-likeness (QED) is 0.751. The molecule has 1 aromatic rings. The number of carbonyl (C=O) groups excluding carboxylic acids is 1. The highest BCUT2D eigenvalue weighted by Gasteiger charge is 2.40. The second kappa shape index (κ2) is 10.2. The Morgan fingerprint density at radius 3 is 2.23 bits per heavy atom. The van der Waals surface area contributed by atoms with Gasteiger partial charge in [0.2, 0.25) is 5.91 Å². The van der Waals surface area contributed by atoms with Crippen molar-refractivity contribution in [3.63, 3.8) is 0 Å². The summed E-state index contributed by atoms with van der Waals surface area (Å²) in [4.78, 5) is 26.5. The molecule has 1 heterocycles. The average Bonchev–Trinajstić information content (AvgIpc) is 2.73. The Kier molecular flexibility index (Phi) is 8.20. The number of ether oxygens (including phenoxy) is 1. The lowest BCUT2D eigenvalue weighted by Crippen LogP contribution is -2.57. The summed E-state index contributed by atoms with van der Waals surface area (Å²) in [6.45, 7) is 6.88. The monoisotopic (exact) mass is 444 g/mol. The summed E-state index contributed by atoms with van der Waals surface area (Å²) in [6.07, 6.45) is 0.673. The van der Waals surface area contributed by atoms with Crippen LogP contribution < -0.4 is 9.64 Å². The molecule has 0 spiro atoms. The summed E-state index contributed by atoms with van der Waals surface area (Å²) in [6, 6.07) is 8.37. The highest BCUT2D eigenvalue weighted by atomic mass is 19.4. The van der Waals surface area contributed by atoms with Crippen molar-refractivity contribution in [1.29, 1.82) is 0 Å². The van der Waals surface area contributed by atoms with Crippen LogP contribution in [0.1, 0.15) is 46.0 Å². The maximum absolute atomic E-state index is 13.1. The number of rotatable bonds is 3. The molecular weight excluding hydrogens is 413 g/mol. The first-order valence-corrected chi connectivity index (χ1v) is 10.5. The number of piperazine rings is 1. The zero-order chi connectivity index (χ0) is 23.2. The van der Waals surface area contributed by atoms with Crippen molar-refractivity contribution in [2.75, 3.05) is 31.6 Å². The molecule has 3 rings (SSSR count). The summed E-state index contributed by atoms with van der Waals surface area (Å²) in [5.74, 6) is -1.48. The third kappa shape index (κ3) is 6.27. The Balaban J connectivity index is 0.000000423. The minimum absolute atomic E-state index is 0.140. The number of amides is 1. The highest BCUT2D eigenvalue weighted by molar-refractivity contribution is 5.83. The fourth-order valence-corrected chi connectivity index (χ4v) is 4.26. The third-order valence-corrected chi connectivity index (χ3v) is 6.03. The van der Waals surface area contributed by atoms with Gasteiger partial charge < -0.3 is 19.6 Å².